The summed E-state index contributed by atoms with van der Waals surface area (Å²) in [6, 6.07) is 0.214. The average molecular weight is 376 g/mol. The van der Waals surface area contributed by atoms with E-state index in [1.54, 1.807) is 13.8 Å². The zero-order valence-electron chi connectivity index (χ0n) is 16.0. The Bertz CT molecular complexity index is 771. The Kier molecular flexibility index (Phi) is 5.94. The number of carboxylic acids is 1. The van der Waals surface area contributed by atoms with E-state index in [1.165, 1.54) is 12.8 Å². The molecule has 0 unspecified atom stereocenters. The third-order valence-corrected chi connectivity index (χ3v) is 5.56. The molecule has 2 heterocycles. The van der Waals surface area contributed by atoms with E-state index in [0.717, 1.165) is 19.4 Å². The van der Waals surface area contributed by atoms with Gasteiger partial charge in [-0.1, -0.05) is 0 Å². The standard InChI is InChI=1S/C19H28N4O4/c1-11-16(19(27)22-12(2)21-11)8-17(24)20-9-15-6-5-14(7-18(25)26)23(15)10-13-3-4-13/h13-15H,3-10H2,1-2H3,(H,20,24)(H,25,26)(H,21,22,27)/t14-,15+/m1/s1. The second-order valence-electron chi connectivity index (χ2n) is 7.82. The third kappa shape index (κ3) is 5.15. The largest absolute Gasteiger partial charge is 0.481 e. The molecule has 0 bridgehead atoms. The van der Waals surface area contributed by atoms with Gasteiger partial charge < -0.3 is 15.4 Å². The van der Waals surface area contributed by atoms with E-state index >= 15 is 0 Å². The van der Waals surface area contributed by atoms with E-state index in [-0.39, 0.29) is 36.4 Å². The Morgan fingerprint density at radius 2 is 1.93 bits per heavy atom. The van der Waals surface area contributed by atoms with Crippen molar-refractivity contribution in [1.29, 1.82) is 0 Å². The Balaban J connectivity index is 1.57. The SMILES string of the molecule is Cc1nc(C)c(CC(=O)NC[C@@H]2CC[C@H](CC(=O)O)N2CC2CC2)c(=O)[nH]1. The predicted octanol–water partition coefficient (Wildman–Crippen LogP) is 0.763. The van der Waals surface area contributed by atoms with E-state index in [0.29, 0.717) is 29.5 Å². The number of hydrogen-bond donors (Lipinski definition) is 3. The van der Waals surface area contributed by atoms with Crippen molar-refractivity contribution in [2.45, 2.75) is 64.5 Å². The molecule has 2 atom stereocenters. The topological polar surface area (TPSA) is 115 Å². The van der Waals surface area contributed by atoms with E-state index in [9.17, 15) is 14.4 Å². The summed E-state index contributed by atoms with van der Waals surface area (Å²) >= 11 is 0. The van der Waals surface area contributed by atoms with Crippen LogP contribution in [-0.4, -0.2) is 57.0 Å². The van der Waals surface area contributed by atoms with Crippen LogP contribution in [0.3, 0.4) is 0 Å². The van der Waals surface area contributed by atoms with Gasteiger partial charge in [0.05, 0.1) is 12.8 Å². The molecule has 1 amide bonds. The van der Waals surface area contributed by atoms with Crippen molar-refractivity contribution in [3.63, 3.8) is 0 Å². The van der Waals surface area contributed by atoms with Gasteiger partial charge in [0, 0.05) is 36.4 Å². The smallest absolute Gasteiger partial charge is 0.304 e. The number of H-pyrrole nitrogens is 1. The van der Waals surface area contributed by atoms with Crippen LogP contribution in [-0.2, 0) is 16.0 Å². The van der Waals surface area contributed by atoms with Gasteiger partial charge in [0.1, 0.15) is 5.82 Å². The molecular weight excluding hydrogens is 348 g/mol. The van der Waals surface area contributed by atoms with Gasteiger partial charge in [-0.3, -0.25) is 19.3 Å². The number of nitrogens with zero attached hydrogens (tertiary/aromatic N) is 2. The number of aryl methyl sites for hydroxylation is 2. The van der Waals surface area contributed by atoms with Crippen molar-refractivity contribution in [2.24, 2.45) is 5.92 Å². The summed E-state index contributed by atoms with van der Waals surface area (Å²) in [5, 5.41) is 12.1. The van der Waals surface area contributed by atoms with Crippen LogP contribution in [0.4, 0.5) is 0 Å². The minimum Gasteiger partial charge on any atom is -0.481 e. The highest BCUT2D eigenvalue weighted by Gasteiger charge is 2.38. The lowest BCUT2D eigenvalue weighted by Gasteiger charge is -2.29. The molecule has 1 saturated heterocycles. The van der Waals surface area contributed by atoms with Gasteiger partial charge in [-0.2, -0.15) is 0 Å². The molecule has 1 saturated carbocycles. The maximum absolute atomic E-state index is 12.4. The van der Waals surface area contributed by atoms with E-state index < -0.39 is 5.97 Å². The number of hydrogen-bond acceptors (Lipinski definition) is 5. The van der Waals surface area contributed by atoms with Crippen molar-refractivity contribution in [1.82, 2.24) is 20.2 Å². The van der Waals surface area contributed by atoms with E-state index in [1.807, 2.05) is 0 Å². The van der Waals surface area contributed by atoms with Crippen molar-refractivity contribution in [2.75, 3.05) is 13.1 Å². The first-order chi connectivity index (χ1) is 12.8. The van der Waals surface area contributed by atoms with Crippen LogP contribution in [0.25, 0.3) is 0 Å². The van der Waals surface area contributed by atoms with Gasteiger partial charge in [0.25, 0.3) is 5.56 Å². The lowest BCUT2D eigenvalue weighted by Crippen LogP contribution is -2.45. The highest BCUT2D eigenvalue weighted by atomic mass is 16.4. The molecule has 8 nitrogen and oxygen atoms in total. The number of aliphatic carboxylic acids is 1. The fraction of sp³-hybridized carbons (Fsp3) is 0.684. The Labute approximate surface area is 158 Å². The molecule has 3 rings (SSSR count). The summed E-state index contributed by atoms with van der Waals surface area (Å²) < 4.78 is 0. The number of rotatable bonds is 8. The number of carbonyl (C=O) groups excluding carboxylic acids is 1. The van der Waals surface area contributed by atoms with Gasteiger partial charge in [-0.15, -0.1) is 0 Å². The highest BCUT2D eigenvalue weighted by Crippen LogP contribution is 2.35. The zero-order valence-corrected chi connectivity index (χ0v) is 16.0. The molecule has 1 aromatic rings. The van der Waals surface area contributed by atoms with Crippen LogP contribution in [0.2, 0.25) is 0 Å². The van der Waals surface area contributed by atoms with Gasteiger partial charge in [0.15, 0.2) is 0 Å². The molecule has 1 aliphatic heterocycles. The monoisotopic (exact) mass is 376 g/mol. The number of aromatic amines is 1. The quantitative estimate of drug-likeness (QED) is 0.617. The molecular formula is C19H28N4O4. The van der Waals surface area contributed by atoms with E-state index in [2.05, 4.69) is 20.2 Å². The normalized spacial score (nSPS) is 22.7. The molecule has 8 heteroatoms. The van der Waals surface area contributed by atoms with Crippen LogP contribution in [0.5, 0.6) is 0 Å². The van der Waals surface area contributed by atoms with Gasteiger partial charge in [-0.25, -0.2) is 4.98 Å². The summed E-state index contributed by atoms with van der Waals surface area (Å²) in [5.41, 5.74) is 0.695. The summed E-state index contributed by atoms with van der Waals surface area (Å²) in [5.74, 6) is 0.222. The summed E-state index contributed by atoms with van der Waals surface area (Å²) in [6.07, 6.45) is 4.30. The van der Waals surface area contributed by atoms with Crippen molar-refractivity contribution in [3.8, 4) is 0 Å². The first-order valence-corrected chi connectivity index (χ1v) is 9.64. The zero-order chi connectivity index (χ0) is 19.6. The molecule has 148 valence electrons. The average Bonchev–Trinajstić information content (AvgIpc) is 3.32. The van der Waals surface area contributed by atoms with Crippen molar-refractivity contribution >= 4 is 11.9 Å². The van der Waals surface area contributed by atoms with E-state index in [4.69, 9.17) is 5.11 Å². The second-order valence-corrected chi connectivity index (χ2v) is 7.82. The Hall–Kier alpha value is -2.22. The summed E-state index contributed by atoms with van der Waals surface area (Å²) in [6.45, 7) is 4.84. The minimum absolute atomic E-state index is 0.00233. The lowest BCUT2D eigenvalue weighted by molar-refractivity contribution is -0.138. The van der Waals surface area contributed by atoms with Crippen LogP contribution >= 0.6 is 0 Å². The van der Waals surface area contributed by atoms with Crippen molar-refractivity contribution in [3.05, 3.63) is 27.4 Å². The molecule has 1 aliphatic carbocycles. The first kappa shape index (κ1) is 19.5. The Morgan fingerprint density at radius 1 is 1.22 bits per heavy atom. The third-order valence-electron chi connectivity index (χ3n) is 5.56. The van der Waals surface area contributed by atoms with Gasteiger partial charge in [-0.05, 0) is 45.4 Å². The number of carboxylic acid groups (broad SMARTS) is 1. The number of likely N-dealkylation sites (tertiary alicyclic amines) is 1. The fourth-order valence-corrected chi connectivity index (χ4v) is 3.97. The maximum Gasteiger partial charge on any atom is 0.304 e. The molecule has 0 radical (unpaired) electrons. The summed E-state index contributed by atoms with van der Waals surface area (Å²) in [4.78, 5) is 44.7. The van der Waals surface area contributed by atoms with Crippen LogP contribution in [0.15, 0.2) is 4.79 Å². The number of nitrogens with one attached hydrogen (secondary N) is 2. The number of carbonyl (C=O) groups is 2. The molecule has 2 aliphatic rings. The van der Waals surface area contributed by atoms with Crippen LogP contribution in [0, 0.1) is 19.8 Å². The molecule has 0 spiro atoms. The molecule has 3 N–H and O–H groups in total. The predicted molar refractivity (Wildman–Crippen MR) is 99.5 cm³/mol. The van der Waals surface area contributed by atoms with Gasteiger partial charge >= 0.3 is 5.97 Å². The van der Waals surface area contributed by atoms with Crippen LogP contribution in [0.1, 0.15) is 49.2 Å². The first-order valence-electron chi connectivity index (χ1n) is 9.64. The molecule has 27 heavy (non-hydrogen) atoms. The molecule has 1 aromatic heterocycles. The van der Waals surface area contributed by atoms with Crippen molar-refractivity contribution < 1.29 is 14.7 Å². The molecule has 0 aromatic carbocycles. The number of aromatic nitrogens is 2. The van der Waals surface area contributed by atoms with Gasteiger partial charge in [0.2, 0.25) is 5.91 Å². The number of amides is 1. The summed E-state index contributed by atoms with van der Waals surface area (Å²) in [7, 11) is 0. The second kappa shape index (κ2) is 8.21. The fourth-order valence-electron chi connectivity index (χ4n) is 3.97. The highest BCUT2D eigenvalue weighted by molar-refractivity contribution is 5.78. The van der Waals surface area contributed by atoms with Crippen LogP contribution < -0.4 is 10.9 Å². The lowest BCUT2D eigenvalue weighted by atomic mass is 10.1. The Morgan fingerprint density at radius 3 is 2.56 bits per heavy atom. The molecule has 2 fully saturated rings. The maximum atomic E-state index is 12.4. The minimum atomic E-state index is -0.771.